The third-order valence-electron chi connectivity index (χ3n) is 5.82. The van der Waals surface area contributed by atoms with Gasteiger partial charge in [0.25, 0.3) is 5.91 Å². The molecule has 1 heterocycles. The number of carbonyl (C=O) groups is 1. The monoisotopic (exact) mass is 384 g/mol. The number of carbonyl (C=O) groups excluding carboxylic acids is 1. The van der Waals surface area contributed by atoms with E-state index < -0.39 is 0 Å². The maximum atomic E-state index is 12.7. The molecule has 3 heteroatoms. The quantitative estimate of drug-likeness (QED) is 0.642. The molecule has 0 bridgehead atoms. The van der Waals surface area contributed by atoms with Crippen molar-refractivity contribution < 1.29 is 4.79 Å². The average molecular weight is 385 g/mol. The lowest BCUT2D eigenvalue weighted by Gasteiger charge is -2.20. The number of anilines is 1. The molecule has 3 nitrogen and oxygen atoms in total. The summed E-state index contributed by atoms with van der Waals surface area (Å²) in [5.41, 5.74) is 8.25. The number of para-hydroxylation sites is 1. The summed E-state index contributed by atoms with van der Waals surface area (Å²) in [6, 6.07) is 22.9. The molecule has 1 amide bonds. The van der Waals surface area contributed by atoms with E-state index in [0.717, 1.165) is 19.5 Å². The molecule has 0 unspecified atom stereocenters. The van der Waals surface area contributed by atoms with Crippen LogP contribution in [0.5, 0.6) is 0 Å². The van der Waals surface area contributed by atoms with Gasteiger partial charge in [-0.25, -0.2) is 0 Å². The lowest BCUT2D eigenvalue weighted by molar-refractivity contribution is 0.0940. The van der Waals surface area contributed by atoms with Crippen LogP contribution in [0.4, 0.5) is 5.69 Å². The van der Waals surface area contributed by atoms with E-state index in [-0.39, 0.29) is 11.9 Å². The van der Waals surface area contributed by atoms with Crippen molar-refractivity contribution in [3.8, 4) is 0 Å². The predicted molar refractivity (Wildman–Crippen MR) is 119 cm³/mol. The second-order valence-corrected chi connectivity index (χ2v) is 8.05. The number of rotatable bonds is 5. The number of hydrogen-bond donors (Lipinski definition) is 1. The molecule has 148 valence electrons. The van der Waals surface area contributed by atoms with Crippen LogP contribution < -0.4 is 10.2 Å². The smallest absolute Gasteiger partial charge is 0.251 e. The van der Waals surface area contributed by atoms with E-state index >= 15 is 0 Å². The number of fused-ring (bicyclic) bond motifs is 1. The molecule has 0 aromatic heterocycles. The molecule has 0 radical (unpaired) electrons. The van der Waals surface area contributed by atoms with Gasteiger partial charge < -0.3 is 10.2 Å². The van der Waals surface area contributed by atoms with Crippen molar-refractivity contribution in [2.75, 3.05) is 11.4 Å². The zero-order valence-corrected chi connectivity index (χ0v) is 17.4. The van der Waals surface area contributed by atoms with Crippen LogP contribution >= 0.6 is 0 Å². The highest BCUT2D eigenvalue weighted by molar-refractivity contribution is 5.94. The number of amides is 1. The molecule has 0 saturated carbocycles. The predicted octanol–water partition coefficient (Wildman–Crippen LogP) is 5.36. The summed E-state index contributed by atoms with van der Waals surface area (Å²) in [4.78, 5) is 15.1. The fourth-order valence-corrected chi connectivity index (χ4v) is 4.14. The molecule has 1 aliphatic rings. The Bertz CT molecular complexity index is 1020. The summed E-state index contributed by atoms with van der Waals surface area (Å²) in [6.45, 7) is 8.13. The third kappa shape index (κ3) is 4.19. The van der Waals surface area contributed by atoms with E-state index in [4.69, 9.17) is 0 Å². The molecule has 0 fully saturated rings. The van der Waals surface area contributed by atoms with Crippen LogP contribution in [0.15, 0.2) is 66.7 Å². The first-order chi connectivity index (χ1) is 14.0. The second-order valence-electron chi connectivity index (χ2n) is 8.05. The molecular formula is C26H28N2O. The van der Waals surface area contributed by atoms with Crippen molar-refractivity contribution in [1.29, 1.82) is 0 Å². The van der Waals surface area contributed by atoms with Crippen molar-refractivity contribution in [2.45, 2.75) is 39.8 Å². The highest BCUT2D eigenvalue weighted by atomic mass is 16.1. The molecule has 0 saturated heterocycles. The highest BCUT2D eigenvalue weighted by Gasteiger charge is 2.18. The number of nitrogens with one attached hydrogen (secondary N) is 1. The Labute approximate surface area is 173 Å². The zero-order chi connectivity index (χ0) is 20.4. The van der Waals surface area contributed by atoms with Crippen LogP contribution in [0.25, 0.3) is 0 Å². The van der Waals surface area contributed by atoms with Crippen molar-refractivity contribution in [1.82, 2.24) is 5.32 Å². The maximum absolute atomic E-state index is 12.7. The molecule has 1 N–H and O–H groups in total. The standard InChI is InChI=1S/C26H28N2O/c1-18-8-9-19(2)24(16-18)20(3)27-26(29)23-12-10-21(11-13-23)17-28-15-14-22-6-4-5-7-25(22)28/h4-13,16,20H,14-15,17H2,1-3H3,(H,27,29)/t20-/m0/s1. The van der Waals surface area contributed by atoms with E-state index in [9.17, 15) is 4.79 Å². The minimum absolute atomic E-state index is 0.0248. The van der Waals surface area contributed by atoms with Gasteiger partial charge in [0.2, 0.25) is 0 Å². The summed E-state index contributed by atoms with van der Waals surface area (Å²) in [6.07, 6.45) is 1.10. The van der Waals surface area contributed by atoms with Crippen LogP contribution in [0.1, 0.15) is 51.1 Å². The lowest BCUT2D eigenvalue weighted by Crippen LogP contribution is -2.27. The highest BCUT2D eigenvalue weighted by Crippen LogP contribution is 2.28. The normalized spacial score (nSPS) is 13.8. The minimum atomic E-state index is -0.0310. The maximum Gasteiger partial charge on any atom is 0.251 e. The zero-order valence-electron chi connectivity index (χ0n) is 17.4. The minimum Gasteiger partial charge on any atom is -0.367 e. The Morgan fingerprint density at radius 1 is 1.03 bits per heavy atom. The first-order valence-corrected chi connectivity index (χ1v) is 10.3. The summed E-state index contributed by atoms with van der Waals surface area (Å²) < 4.78 is 0. The van der Waals surface area contributed by atoms with Gasteiger partial charge in [-0.2, -0.15) is 0 Å². The fourth-order valence-electron chi connectivity index (χ4n) is 4.14. The molecule has 29 heavy (non-hydrogen) atoms. The van der Waals surface area contributed by atoms with Gasteiger partial charge in [0, 0.05) is 24.3 Å². The van der Waals surface area contributed by atoms with Crippen LogP contribution in [-0.2, 0) is 13.0 Å². The summed E-state index contributed by atoms with van der Waals surface area (Å²) in [7, 11) is 0. The fraction of sp³-hybridized carbons (Fsp3) is 0.269. The van der Waals surface area contributed by atoms with E-state index in [1.807, 2.05) is 19.1 Å². The third-order valence-corrected chi connectivity index (χ3v) is 5.82. The number of benzene rings is 3. The largest absolute Gasteiger partial charge is 0.367 e. The molecule has 1 aliphatic heterocycles. The van der Waals surface area contributed by atoms with Crippen LogP contribution in [0.3, 0.4) is 0 Å². The second kappa shape index (κ2) is 8.12. The first-order valence-electron chi connectivity index (χ1n) is 10.3. The van der Waals surface area contributed by atoms with Crippen LogP contribution in [0, 0.1) is 13.8 Å². The Morgan fingerprint density at radius 2 is 1.79 bits per heavy atom. The Hall–Kier alpha value is -3.07. The van der Waals surface area contributed by atoms with Gasteiger partial charge in [0.1, 0.15) is 0 Å². The Kier molecular flexibility index (Phi) is 5.39. The molecule has 3 aromatic carbocycles. The molecule has 0 aliphatic carbocycles. The molecule has 0 spiro atoms. The van der Waals surface area contributed by atoms with Crippen molar-refractivity contribution in [3.63, 3.8) is 0 Å². The van der Waals surface area contributed by atoms with Crippen LogP contribution in [0.2, 0.25) is 0 Å². The van der Waals surface area contributed by atoms with E-state index in [1.165, 1.54) is 33.5 Å². The van der Waals surface area contributed by atoms with E-state index in [0.29, 0.717) is 5.56 Å². The number of nitrogens with zero attached hydrogens (tertiary/aromatic N) is 1. The first kappa shape index (κ1) is 19.3. The van der Waals surface area contributed by atoms with Crippen molar-refractivity contribution >= 4 is 11.6 Å². The van der Waals surface area contributed by atoms with Crippen LogP contribution in [-0.4, -0.2) is 12.5 Å². The number of hydrogen-bond acceptors (Lipinski definition) is 2. The molecular weight excluding hydrogens is 356 g/mol. The number of aryl methyl sites for hydroxylation is 2. The van der Waals surface area contributed by atoms with Gasteiger partial charge in [-0.05, 0) is 67.6 Å². The molecule has 4 rings (SSSR count). The van der Waals surface area contributed by atoms with E-state index in [2.05, 4.69) is 78.7 Å². The Balaban J connectivity index is 1.41. The van der Waals surface area contributed by atoms with Crippen molar-refractivity contribution in [2.24, 2.45) is 0 Å². The van der Waals surface area contributed by atoms with Gasteiger partial charge in [0.05, 0.1) is 6.04 Å². The van der Waals surface area contributed by atoms with E-state index in [1.54, 1.807) is 0 Å². The van der Waals surface area contributed by atoms with Crippen molar-refractivity contribution in [3.05, 3.63) is 100 Å². The topological polar surface area (TPSA) is 32.3 Å². The van der Waals surface area contributed by atoms with Gasteiger partial charge in [0.15, 0.2) is 0 Å². The van der Waals surface area contributed by atoms with Gasteiger partial charge >= 0.3 is 0 Å². The molecule has 1 atom stereocenters. The van der Waals surface area contributed by atoms with Gasteiger partial charge in [-0.1, -0.05) is 54.1 Å². The lowest BCUT2D eigenvalue weighted by atomic mass is 9.99. The summed E-state index contributed by atoms with van der Waals surface area (Å²) in [5.74, 6) is -0.0310. The van der Waals surface area contributed by atoms with Gasteiger partial charge in [-0.3, -0.25) is 4.79 Å². The summed E-state index contributed by atoms with van der Waals surface area (Å²) >= 11 is 0. The SMILES string of the molecule is Cc1ccc(C)c([C@H](C)NC(=O)c2ccc(CN3CCc4ccccc43)cc2)c1. The van der Waals surface area contributed by atoms with Gasteiger partial charge in [-0.15, -0.1) is 0 Å². The average Bonchev–Trinajstić information content (AvgIpc) is 3.13. The molecule has 3 aromatic rings. The summed E-state index contributed by atoms with van der Waals surface area (Å²) in [5, 5.41) is 3.14. The Morgan fingerprint density at radius 3 is 2.59 bits per heavy atom.